The Kier molecular flexibility index (Phi) is 4.92. The fraction of sp³-hybridized carbons (Fsp3) is 0.632. The van der Waals surface area contributed by atoms with Gasteiger partial charge in [-0.25, -0.2) is 14.6 Å². The Hall–Kier alpha value is -2.51. The molecule has 0 unspecified atom stereocenters. The van der Waals surface area contributed by atoms with E-state index in [0.29, 0.717) is 32.7 Å². The van der Waals surface area contributed by atoms with E-state index in [4.69, 9.17) is 9.47 Å². The van der Waals surface area contributed by atoms with Crippen LogP contribution in [0.5, 0.6) is 0 Å². The van der Waals surface area contributed by atoms with Gasteiger partial charge >= 0.3 is 12.2 Å². The number of nitrogens with zero attached hydrogens (tertiary/aromatic N) is 4. The van der Waals surface area contributed by atoms with Crippen LogP contribution in [0.25, 0.3) is 0 Å². The molecule has 2 saturated heterocycles. The van der Waals surface area contributed by atoms with Crippen LogP contribution in [-0.2, 0) is 9.47 Å². The summed E-state index contributed by atoms with van der Waals surface area (Å²) in [4.78, 5) is 34.1. The van der Waals surface area contributed by atoms with Gasteiger partial charge in [-0.15, -0.1) is 0 Å². The molecule has 27 heavy (non-hydrogen) atoms. The van der Waals surface area contributed by atoms with Crippen molar-refractivity contribution in [2.45, 2.75) is 45.8 Å². The first-order chi connectivity index (χ1) is 12.5. The first-order valence-corrected chi connectivity index (χ1v) is 9.24. The Morgan fingerprint density at radius 3 is 2.33 bits per heavy atom. The lowest BCUT2D eigenvalue weighted by Gasteiger charge is -2.36. The first kappa shape index (κ1) is 19.3. The predicted octanol–water partition coefficient (Wildman–Crippen LogP) is 2.87. The number of amides is 2. The summed E-state index contributed by atoms with van der Waals surface area (Å²) in [5.74, 6) is 0.828. The highest BCUT2D eigenvalue weighted by molar-refractivity contribution is 5.90. The number of aromatic nitrogens is 1. The summed E-state index contributed by atoms with van der Waals surface area (Å²) in [6.45, 7) is 12.4. The lowest BCUT2D eigenvalue weighted by Crippen LogP contribution is -2.50. The van der Waals surface area contributed by atoms with Crippen LogP contribution in [0.4, 0.5) is 21.1 Å². The Morgan fingerprint density at radius 2 is 1.85 bits per heavy atom. The van der Waals surface area contributed by atoms with Crippen LogP contribution in [0, 0.1) is 0 Å². The highest BCUT2D eigenvalue weighted by Crippen LogP contribution is 2.28. The van der Waals surface area contributed by atoms with Gasteiger partial charge in [0.05, 0.1) is 18.4 Å². The van der Waals surface area contributed by atoms with E-state index in [-0.39, 0.29) is 12.2 Å². The number of piperazine rings is 1. The fourth-order valence-electron chi connectivity index (χ4n) is 3.14. The van der Waals surface area contributed by atoms with Crippen LogP contribution in [0.1, 0.15) is 34.6 Å². The van der Waals surface area contributed by atoms with Crippen LogP contribution in [0.15, 0.2) is 18.3 Å². The van der Waals surface area contributed by atoms with E-state index < -0.39 is 11.2 Å². The Labute approximate surface area is 160 Å². The van der Waals surface area contributed by atoms with Crippen molar-refractivity contribution in [1.29, 1.82) is 0 Å². The molecule has 2 aliphatic rings. The van der Waals surface area contributed by atoms with E-state index in [0.717, 1.165) is 11.5 Å². The quantitative estimate of drug-likeness (QED) is 0.790. The molecule has 1 aromatic rings. The van der Waals surface area contributed by atoms with Gasteiger partial charge in [0.1, 0.15) is 17.0 Å². The maximum atomic E-state index is 12.2. The number of hydrogen-bond donors (Lipinski definition) is 0. The second-order valence-corrected chi connectivity index (χ2v) is 8.54. The largest absolute Gasteiger partial charge is 0.444 e. The first-order valence-electron chi connectivity index (χ1n) is 9.24. The molecular weight excluding hydrogens is 348 g/mol. The molecule has 8 heteroatoms. The maximum Gasteiger partial charge on any atom is 0.415 e. The number of hydrogen-bond acceptors (Lipinski definition) is 6. The number of carbonyl (C=O) groups excluding carboxylic acids is 2. The van der Waals surface area contributed by atoms with E-state index in [1.165, 1.54) is 0 Å². The van der Waals surface area contributed by atoms with Crippen molar-refractivity contribution in [2.75, 3.05) is 42.5 Å². The van der Waals surface area contributed by atoms with Crippen LogP contribution < -0.4 is 9.80 Å². The summed E-state index contributed by atoms with van der Waals surface area (Å²) in [6, 6.07) is 3.78. The summed E-state index contributed by atoms with van der Waals surface area (Å²) in [6.07, 6.45) is 1.07. The van der Waals surface area contributed by atoms with Gasteiger partial charge in [-0.3, -0.25) is 4.90 Å². The number of carbonyl (C=O) groups is 2. The van der Waals surface area contributed by atoms with Gasteiger partial charge in [-0.05, 0) is 46.8 Å². The zero-order valence-electron chi connectivity index (χ0n) is 16.7. The van der Waals surface area contributed by atoms with Crippen molar-refractivity contribution >= 4 is 23.7 Å². The number of cyclic esters (lactones) is 1. The number of rotatable bonds is 2. The molecular formula is C19H28N4O4. The van der Waals surface area contributed by atoms with Gasteiger partial charge in [-0.2, -0.15) is 0 Å². The standard InChI is InChI=1S/C19H28N4O4/c1-18(2,3)26-16(24)22-10-8-21(9-11-22)15-7-6-14(12-20-15)23-13-19(4,5)27-17(23)25/h6-7,12H,8-11,13H2,1-5H3. The highest BCUT2D eigenvalue weighted by Gasteiger charge is 2.38. The Balaban J connectivity index is 1.58. The minimum atomic E-state index is -0.492. The van der Waals surface area contributed by atoms with Crippen LogP contribution in [0.3, 0.4) is 0 Å². The monoisotopic (exact) mass is 376 g/mol. The normalized spacial score (nSPS) is 19.9. The molecule has 0 bridgehead atoms. The molecule has 3 heterocycles. The molecule has 0 aliphatic carbocycles. The molecule has 0 radical (unpaired) electrons. The SMILES string of the molecule is CC(C)(C)OC(=O)N1CCN(c2ccc(N3CC(C)(C)OC3=O)cn2)CC1. The van der Waals surface area contributed by atoms with Gasteiger partial charge in [0.15, 0.2) is 0 Å². The zero-order valence-corrected chi connectivity index (χ0v) is 16.7. The van der Waals surface area contributed by atoms with Gasteiger partial charge < -0.3 is 19.3 Å². The van der Waals surface area contributed by atoms with E-state index in [2.05, 4.69) is 9.88 Å². The lowest BCUT2D eigenvalue weighted by molar-refractivity contribution is 0.0240. The Bertz CT molecular complexity index is 703. The summed E-state index contributed by atoms with van der Waals surface area (Å²) in [5, 5.41) is 0. The Morgan fingerprint density at radius 1 is 1.19 bits per heavy atom. The van der Waals surface area contributed by atoms with Gasteiger partial charge in [0.2, 0.25) is 0 Å². The molecule has 0 saturated carbocycles. The van der Waals surface area contributed by atoms with Crippen molar-refractivity contribution in [3.63, 3.8) is 0 Å². The van der Waals surface area contributed by atoms with Crippen LogP contribution in [-0.4, -0.2) is 66.0 Å². The topological polar surface area (TPSA) is 75.2 Å². The molecule has 0 spiro atoms. The van der Waals surface area contributed by atoms with E-state index >= 15 is 0 Å². The number of ether oxygens (including phenoxy) is 2. The van der Waals surface area contributed by atoms with E-state index in [1.807, 2.05) is 46.8 Å². The minimum Gasteiger partial charge on any atom is -0.444 e. The van der Waals surface area contributed by atoms with Crippen molar-refractivity contribution in [1.82, 2.24) is 9.88 Å². The molecule has 0 aromatic carbocycles. The minimum absolute atomic E-state index is 0.277. The molecule has 148 valence electrons. The second-order valence-electron chi connectivity index (χ2n) is 8.54. The highest BCUT2D eigenvalue weighted by atomic mass is 16.6. The maximum absolute atomic E-state index is 12.2. The average Bonchev–Trinajstić information content (AvgIpc) is 2.86. The second kappa shape index (κ2) is 6.90. The summed E-state index contributed by atoms with van der Waals surface area (Å²) in [7, 11) is 0. The average molecular weight is 376 g/mol. The fourth-order valence-corrected chi connectivity index (χ4v) is 3.14. The van der Waals surface area contributed by atoms with Gasteiger partial charge in [0, 0.05) is 26.2 Å². The van der Waals surface area contributed by atoms with Gasteiger partial charge in [0.25, 0.3) is 0 Å². The third-order valence-electron chi connectivity index (χ3n) is 4.42. The smallest absolute Gasteiger partial charge is 0.415 e. The predicted molar refractivity (Wildman–Crippen MR) is 102 cm³/mol. The van der Waals surface area contributed by atoms with Crippen molar-refractivity contribution in [2.24, 2.45) is 0 Å². The van der Waals surface area contributed by atoms with Crippen LogP contribution in [0.2, 0.25) is 0 Å². The lowest BCUT2D eigenvalue weighted by atomic mass is 10.1. The van der Waals surface area contributed by atoms with Gasteiger partial charge in [-0.1, -0.05) is 0 Å². The molecule has 0 N–H and O–H groups in total. The van der Waals surface area contributed by atoms with Crippen molar-refractivity contribution < 1.29 is 19.1 Å². The molecule has 2 aliphatic heterocycles. The van der Waals surface area contributed by atoms with E-state index in [1.54, 1.807) is 16.0 Å². The third-order valence-corrected chi connectivity index (χ3v) is 4.42. The van der Waals surface area contributed by atoms with Crippen LogP contribution >= 0.6 is 0 Å². The molecule has 2 amide bonds. The molecule has 2 fully saturated rings. The third kappa shape index (κ3) is 4.61. The number of anilines is 2. The molecule has 8 nitrogen and oxygen atoms in total. The summed E-state index contributed by atoms with van der Waals surface area (Å²) < 4.78 is 10.8. The number of pyridine rings is 1. The molecule has 1 aromatic heterocycles. The molecule has 0 atom stereocenters. The van der Waals surface area contributed by atoms with Crippen molar-refractivity contribution in [3.05, 3.63) is 18.3 Å². The summed E-state index contributed by atoms with van der Waals surface area (Å²) >= 11 is 0. The zero-order chi connectivity index (χ0) is 19.8. The summed E-state index contributed by atoms with van der Waals surface area (Å²) in [5.41, 5.74) is -0.258. The van der Waals surface area contributed by atoms with E-state index in [9.17, 15) is 9.59 Å². The molecule has 3 rings (SSSR count). The van der Waals surface area contributed by atoms with Crippen molar-refractivity contribution in [3.8, 4) is 0 Å².